The summed E-state index contributed by atoms with van der Waals surface area (Å²) in [4.78, 5) is 11.8. The fraction of sp³-hybridized carbons (Fsp3) is 0.462. The molecule has 2 atom stereocenters. The molecule has 2 rings (SSSR count). The molecule has 3 nitrogen and oxygen atoms in total. The second-order valence-electron chi connectivity index (χ2n) is 4.32. The van der Waals surface area contributed by atoms with Crippen LogP contribution in [0.25, 0.3) is 0 Å². The Balaban J connectivity index is 1.88. The van der Waals surface area contributed by atoms with Crippen molar-refractivity contribution < 1.29 is 18.1 Å². The summed E-state index contributed by atoms with van der Waals surface area (Å²) in [6.07, 6.45) is 1.89. The van der Waals surface area contributed by atoms with Crippen molar-refractivity contribution in [2.75, 3.05) is 18.1 Å². The van der Waals surface area contributed by atoms with E-state index in [2.05, 4.69) is 0 Å². The maximum atomic E-state index is 12.9. The lowest BCUT2D eigenvalue weighted by Crippen LogP contribution is -2.21. The molecule has 18 heavy (non-hydrogen) atoms. The Morgan fingerprint density at radius 1 is 1.50 bits per heavy atom. The van der Waals surface area contributed by atoms with Gasteiger partial charge in [-0.1, -0.05) is 12.1 Å². The zero-order valence-corrected chi connectivity index (χ0v) is 10.7. The smallest absolute Gasteiger partial charge is 0.175 e. The Kier molecular flexibility index (Phi) is 4.60. The highest BCUT2D eigenvalue weighted by atomic mass is 32.2. The molecular weight excluding hydrogens is 255 g/mol. The van der Waals surface area contributed by atoms with Gasteiger partial charge in [0.25, 0.3) is 0 Å². The molecule has 0 aromatic heterocycles. The Morgan fingerprint density at radius 3 is 3.00 bits per heavy atom. The van der Waals surface area contributed by atoms with Crippen molar-refractivity contribution >= 4 is 16.6 Å². The first-order valence-corrected chi connectivity index (χ1v) is 7.39. The van der Waals surface area contributed by atoms with Gasteiger partial charge in [0, 0.05) is 23.0 Å². The van der Waals surface area contributed by atoms with E-state index in [4.69, 9.17) is 4.74 Å². The molecule has 1 aliphatic rings. The molecule has 5 heteroatoms. The first kappa shape index (κ1) is 13.4. The monoisotopic (exact) mass is 270 g/mol. The van der Waals surface area contributed by atoms with Crippen LogP contribution in [0.1, 0.15) is 23.2 Å². The molecule has 1 heterocycles. The third-order valence-corrected chi connectivity index (χ3v) is 4.16. The van der Waals surface area contributed by atoms with Gasteiger partial charge in [-0.3, -0.25) is 9.00 Å². The lowest BCUT2D eigenvalue weighted by atomic mass is 10.1. The maximum Gasteiger partial charge on any atom is 0.175 e. The molecule has 98 valence electrons. The van der Waals surface area contributed by atoms with Gasteiger partial charge in [-0.15, -0.1) is 0 Å². The summed E-state index contributed by atoms with van der Waals surface area (Å²) >= 11 is 0. The van der Waals surface area contributed by atoms with Crippen LogP contribution in [0, 0.1) is 5.82 Å². The van der Waals surface area contributed by atoms with E-state index < -0.39 is 16.6 Å². The second kappa shape index (κ2) is 6.20. The SMILES string of the molecule is O=C(CS(=O)CC1CCCO1)c1cccc(F)c1. The summed E-state index contributed by atoms with van der Waals surface area (Å²) < 4.78 is 30.1. The van der Waals surface area contributed by atoms with Crippen LogP contribution in [0.3, 0.4) is 0 Å². The molecule has 0 radical (unpaired) electrons. The maximum absolute atomic E-state index is 12.9. The first-order valence-electron chi connectivity index (χ1n) is 5.90. The molecular formula is C13H15FO3S. The number of carbonyl (C=O) groups excluding carboxylic acids is 1. The van der Waals surface area contributed by atoms with E-state index in [-0.39, 0.29) is 23.2 Å². The Labute approximate surface area is 108 Å². The zero-order chi connectivity index (χ0) is 13.0. The number of ketones is 1. The van der Waals surface area contributed by atoms with Gasteiger partial charge in [0.1, 0.15) is 5.82 Å². The molecule has 1 aromatic rings. The van der Waals surface area contributed by atoms with Crippen molar-refractivity contribution in [1.82, 2.24) is 0 Å². The summed E-state index contributed by atoms with van der Waals surface area (Å²) in [5.74, 6) is -0.415. The van der Waals surface area contributed by atoms with Crippen LogP contribution in [-0.2, 0) is 15.5 Å². The topological polar surface area (TPSA) is 43.4 Å². The third-order valence-electron chi connectivity index (χ3n) is 2.83. The molecule has 1 saturated heterocycles. The first-order chi connectivity index (χ1) is 8.65. The van der Waals surface area contributed by atoms with E-state index in [1.54, 1.807) is 0 Å². The second-order valence-corrected chi connectivity index (χ2v) is 5.82. The van der Waals surface area contributed by atoms with Gasteiger partial charge >= 0.3 is 0 Å². The quantitative estimate of drug-likeness (QED) is 0.768. The normalized spacial score (nSPS) is 20.8. The molecule has 1 aromatic carbocycles. The van der Waals surface area contributed by atoms with Crippen molar-refractivity contribution in [2.24, 2.45) is 0 Å². The van der Waals surface area contributed by atoms with Crippen molar-refractivity contribution in [3.8, 4) is 0 Å². The number of halogens is 1. The highest BCUT2D eigenvalue weighted by Gasteiger charge is 2.20. The van der Waals surface area contributed by atoms with E-state index in [0.717, 1.165) is 12.8 Å². The van der Waals surface area contributed by atoms with Crippen molar-refractivity contribution in [2.45, 2.75) is 18.9 Å². The van der Waals surface area contributed by atoms with Gasteiger partial charge in [0.2, 0.25) is 0 Å². The molecule has 0 saturated carbocycles. The van der Waals surface area contributed by atoms with E-state index in [9.17, 15) is 13.4 Å². The minimum atomic E-state index is -1.24. The highest BCUT2D eigenvalue weighted by Crippen LogP contribution is 2.13. The lowest BCUT2D eigenvalue weighted by molar-refractivity contribution is 0.102. The number of hydrogen-bond acceptors (Lipinski definition) is 3. The average molecular weight is 270 g/mol. The summed E-state index contributed by atoms with van der Waals surface area (Å²) in [7, 11) is -1.24. The number of carbonyl (C=O) groups is 1. The van der Waals surface area contributed by atoms with Crippen LogP contribution in [0.4, 0.5) is 4.39 Å². The van der Waals surface area contributed by atoms with E-state index in [1.165, 1.54) is 24.3 Å². The number of hydrogen-bond donors (Lipinski definition) is 0. The number of ether oxygens (including phenoxy) is 1. The van der Waals surface area contributed by atoms with Crippen LogP contribution < -0.4 is 0 Å². The minimum Gasteiger partial charge on any atom is -0.377 e. The number of rotatable bonds is 5. The van der Waals surface area contributed by atoms with E-state index >= 15 is 0 Å². The predicted octanol–water partition coefficient (Wildman–Crippen LogP) is 1.94. The van der Waals surface area contributed by atoms with Gasteiger partial charge in [0.05, 0.1) is 17.6 Å². The lowest BCUT2D eigenvalue weighted by Gasteiger charge is -2.08. The van der Waals surface area contributed by atoms with Crippen molar-refractivity contribution in [3.05, 3.63) is 35.6 Å². The van der Waals surface area contributed by atoms with Crippen LogP contribution >= 0.6 is 0 Å². The van der Waals surface area contributed by atoms with Crippen molar-refractivity contribution in [1.29, 1.82) is 0 Å². The molecule has 0 spiro atoms. The molecule has 0 N–H and O–H groups in total. The fourth-order valence-electron chi connectivity index (χ4n) is 1.93. The Morgan fingerprint density at radius 2 is 2.33 bits per heavy atom. The zero-order valence-electron chi connectivity index (χ0n) is 9.93. The fourth-order valence-corrected chi connectivity index (χ4v) is 3.19. The largest absolute Gasteiger partial charge is 0.377 e. The Bertz CT molecular complexity index is 455. The van der Waals surface area contributed by atoms with Gasteiger partial charge in [0.15, 0.2) is 5.78 Å². The van der Waals surface area contributed by atoms with Crippen LogP contribution in [0.15, 0.2) is 24.3 Å². The summed E-state index contributed by atoms with van der Waals surface area (Å²) in [6.45, 7) is 0.708. The Hall–Kier alpha value is -1.07. The standard InChI is InChI=1S/C13H15FO3S/c14-11-4-1-3-10(7-11)13(15)9-18(16)8-12-5-2-6-17-12/h1,3-4,7,12H,2,5-6,8-9H2. The van der Waals surface area contributed by atoms with Crippen LogP contribution in [0.2, 0.25) is 0 Å². The molecule has 1 fully saturated rings. The molecule has 0 aliphatic carbocycles. The number of benzene rings is 1. The van der Waals surface area contributed by atoms with E-state index in [1.807, 2.05) is 0 Å². The predicted molar refractivity (Wildman–Crippen MR) is 67.6 cm³/mol. The molecule has 0 amide bonds. The van der Waals surface area contributed by atoms with Crippen LogP contribution in [0.5, 0.6) is 0 Å². The van der Waals surface area contributed by atoms with E-state index in [0.29, 0.717) is 12.4 Å². The minimum absolute atomic E-state index is 0.00569. The molecule has 1 aliphatic heterocycles. The van der Waals surface area contributed by atoms with Crippen molar-refractivity contribution in [3.63, 3.8) is 0 Å². The van der Waals surface area contributed by atoms with Gasteiger partial charge in [-0.05, 0) is 25.0 Å². The molecule has 2 unspecified atom stereocenters. The average Bonchev–Trinajstić information content (AvgIpc) is 2.81. The third kappa shape index (κ3) is 3.71. The highest BCUT2D eigenvalue weighted by molar-refractivity contribution is 7.85. The summed E-state index contributed by atoms with van der Waals surface area (Å²) in [5.41, 5.74) is 0.274. The molecule has 0 bridgehead atoms. The van der Waals surface area contributed by atoms with Crippen LogP contribution in [-0.4, -0.2) is 34.2 Å². The number of Topliss-reactive ketones (excluding diaryl/α,β-unsaturated/α-hetero) is 1. The van der Waals surface area contributed by atoms with Gasteiger partial charge in [-0.2, -0.15) is 0 Å². The summed E-state index contributed by atoms with van der Waals surface area (Å²) in [5, 5.41) is 0. The summed E-state index contributed by atoms with van der Waals surface area (Å²) in [6, 6.07) is 5.46. The van der Waals surface area contributed by atoms with Gasteiger partial charge < -0.3 is 4.74 Å². The van der Waals surface area contributed by atoms with Gasteiger partial charge in [-0.25, -0.2) is 4.39 Å².